The van der Waals surface area contributed by atoms with Gasteiger partial charge in [0.15, 0.2) is 0 Å². The highest BCUT2D eigenvalue weighted by atomic mass is 15.2. The van der Waals surface area contributed by atoms with Crippen molar-refractivity contribution in [2.45, 2.75) is 51.6 Å². The van der Waals surface area contributed by atoms with E-state index < -0.39 is 0 Å². The van der Waals surface area contributed by atoms with Crippen molar-refractivity contribution in [2.24, 2.45) is 0 Å². The van der Waals surface area contributed by atoms with Gasteiger partial charge in [0.2, 0.25) is 0 Å². The summed E-state index contributed by atoms with van der Waals surface area (Å²) in [5, 5.41) is 3.62. The van der Waals surface area contributed by atoms with Crippen LogP contribution in [0.3, 0.4) is 0 Å². The van der Waals surface area contributed by atoms with Crippen molar-refractivity contribution in [2.75, 3.05) is 40.3 Å². The van der Waals surface area contributed by atoms with Gasteiger partial charge in [-0.1, -0.05) is 6.92 Å². The molecule has 1 aliphatic rings. The molecule has 0 aromatic heterocycles. The summed E-state index contributed by atoms with van der Waals surface area (Å²) in [6.07, 6.45) is 3.92. The first kappa shape index (κ1) is 14.9. The van der Waals surface area contributed by atoms with Crippen LogP contribution in [-0.2, 0) is 0 Å². The second-order valence-electron chi connectivity index (χ2n) is 6.20. The molecule has 0 aromatic carbocycles. The van der Waals surface area contributed by atoms with Gasteiger partial charge in [0, 0.05) is 31.2 Å². The summed E-state index contributed by atoms with van der Waals surface area (Å²) >= 11 is 0. The van der Waals surface area contributed by atoms with Crippen molar-refractivity contribution in [3.63, 3.8) is 0 Å². The Morgan fingerprint density at radius 1 is 1.41 bits per heavy atom. The maximum atomic E-state index is 3.62. The molecule has 1 saturated heterocycles. The smallest absolute Gasteiger partial charge is 0.0220 e. The lowest BCUT2D eigenvalue weighted by molar-refractivity contribution is 0.215. The molecule has 1 atom stereocenters. The second kappa shape index (κ2) is 6.72. The van der Waals surface area contributed by atoms with Crippen LogP contribution in [-0.4, -0.2) is 61.7 Å². The third-order valence-corrected chi connectivity index (χ3v) is 4.17. The van der Waals surface area contributed by atoms with Crippen molar-refractivity contribution in [3.05, 3.63) is 0 Å². The van der Waals surface area contributed by atoms with Gasteiger partial charge in [0.1, 0.15) is 0 Å². The van der Waals surface area contributed by atoms with Crippen molar-refractivity contribution >= 4 is 0 Å². The summed E-state index contributed by atoms with van der Waals surface area (Å²) < 4.78 is 0. The average Bonchev–Trinajstić information content (AvgIpc) is 2.64. The van der Waals surface area contributed by atoms with Gasteiger partial charge in [-0.3, -0.25) is 0 Å². The normalized spacial score (nSPS) is 22.6. The molecule has 0 saturated carbocycles. The lowest BCUT2D eigenvalue weighted by atomic mass is 10.0. The van der Waals surface area contributed by atoms with Gasteiger partial charge in [0.05, 0.1) is 0 Å². The van der Waals surface area contributed by atoms with Gasteiger partial charge in [-0.25, -0.2) is 0 Å². The van der Waals surface area contributed by atoms with E-state index in [-0.39, 0.29) is 5.54 Å². The summed E-state index contributed by atoms with van der Waals surface area (Å²) in [5.41, 5.74) is 0.283. The third kappa shape index (κ3) is 5.36. The molecule has 1 rings (SSSR count). The van der Waals surface area contributed by atoms with Crippen molar-refractivity contribution in [1.82, 2.24) is 15.1 Å². The van der Waals surface area contributed by atoms with Crippen LogP contribution in [0.1, 0.15) is 40.0 Å². The highest BCUT2D eigenvalue weighted by Gasteiger charge is 2.22. The molecule has 3 heteroatoms. The molecule has 17 heavy (non-hydrogen) atoms. The van der Waals surface area contributed by atoms with E-state index in [2.05, 4.69) is 50.0 Å². The molecular weight excluding hydrogens is 210 g/mol. The average molecular weight is 241 g/mol. The number of nitrogens with one attached hydrogen (secondary N) is 1. The van der Waals surface area contributed by atoms with Gasteiger partial charge in [-0.05, 0) is 53.8 Å². The highest BCUT2D eigenvalue weighted by molar-refractivity contribution is 4.80. The first-order valence-corrected chi connectivity index (χ1v) is 7.08. The second-order valence-corrected chi connectivity index (χ2v) is 6.20. The zero-order chi connectivity index (χ0) is 12.9. The lowest BCUT2D eigenvalue weighted by Gasteiger charge is -2.29. The molecule has 1 fully saturated rings. The molecule has 3 nitrogen and oxygen atoms in total. The molecular formula is C14H31N3. The van der Waals surface area contributed by atoms with Crippen LogP contribution < -0.4 is 5.32 Å². The molecule has 1 N–H and O–H groups in total. The minimum atomic E-state index is 0.283. The molecule has 1 unspecified atom stereocenters. The molecule has 1 heterocycles. The fourth-order valence-electron chi connectivity index (χ4n) is 2.37. The Balaban J connectivity index is 2.15. The molecule has 0 aliphatic carbocycles. The number of nitrogens with zero attached hydrogens (tertiary/aromatic N) is 2. The number of hydrogen-bond acceptors (Lipinski definition) is 3. The van der Waals surface area contributed by atoms with Crippen molar-refractivity contribution < 1.29 is 0 Å². The summed E-state index contributed by atoms with van der Waals surface area (Å²) in [5.74, 6) is 0. The molecule has 0 amide bonds. The van der Waals surface area contributed by atoms with E-state index in [0.717, 1.165) is 19.1 Å². The van der Waals surface area contributed by atoms with E-state index in [9.17, 15) is 0 Å². The van der Waals surface area contributed by atoms with E-state index in [0.29, 0.717) is 0 Å². The molecule has 1 aliphatic heterocycles. The zero-order valence-corrected chi connectivity index (χ0v) is 12.4. The Bertz CT molecular complexity index is 216. The zero-order valence-electron chi connectivity index (χ0n) is 12.4. The number of rotatable bonds is 7. The van der Waals surface area contributed by atoms with E-state index in [1.807, 2.05) is 0 Å². The SMILES string of the molecule is CCC(C)(C)NCCN(C)CC1CCCN1C. The van der Waals surface area contributed by atoms with Gasteiger partial charge in [-0.15, -0.1) is 0 Å². The van der Waals surface area contributed by atoms with Crippen LogP contribution in [0, 0.1) is 0 Å². The highest BCUT2D eigenvalue weighted by Crippen LogP contribution is 2.15. The monoisotopic (exact) mass is 241 g/mol. The van der Waals surface area contributed by atoms with E-state index in [4.69, 9.17) is 0 Å². The van der Waals surface area contributed by atoms with E-state index >= 15 is 0 Å². The molecule has 0 aromatic rings. The minimum Gasteiger partial charge on any atom is -0.311 e. The number of likely N-dealkylation sites (N-methyl/N-ethyl adjacent to an activating group) is 2. The van der Waals surface area contributed by atoms with Crippen LogP contribution in [0.5, 0.6) is 0 Å². The van der Waals surface area contributed by atoms with Crippen LogP contribution in [0.2, 0.25) is 0 Å². The van der Waals surface area contributed by atoms with Gasteiger partial charge in [-0.2, -0.15) is 0 Å². The van der Waals surface area contributed by atoms with Crippen molar-refractivity contribution in [1.29, 1.82) is 0 Å². The fraction of sp³-hybridized carbons (Fsp3) is 1.00. The van der Waals surface area contributed by atoms with Gasteiger partial charge >= 0.3 is 0 Å². The standard InChI is InChI=1S/C14H31N3/c1-6-14(2,3)15-9-11-16(4)12-13-8-7-10-17(13)5/h13,15H,6-12H2,1-5H3. The number of likely N-dealkylation sites (tertiary alicyclic amines) is 1. The maximum absolute atomic E-state index is 3.62. The first-order chi connectivity index (χ1) is 7.94. The summed E-state index contributed by atoms with van der Waals surface area (Å²) in [7, 11) is 4.50. The molecule has 102 valence electrons. The summed E-state index contributed by atoms with van der Waals surface area (Å²) in [6, 6.07) is 0.777. The molecule has 0 radical (unpaired) electrons. The minimum absolute atomic E-state index is 0.283. The lowest BCUT2D eigenvalue weighted by Crippen LogP contribution is -2.44. The summed E-state index contributed by atoms with van der Waals surface area (Å²) in [4.78, 5) is 4.96. The third-order valence-electron chi connectivity index (χ3n) is 4.17. The Labute approximate surface area is 108 Å². The molecule has 0 bridgehead atoms. The van der Waals surface area contributed by atoms with E-state index in [1.165, 1.54) is 32.4 Å². The van der Waals surface area contributed by atoms with Gasteiger partial charge < -0.3 is 15.1 Å². The van der Waals surface area contributed by atoms with Gasteiger partial charge in [0.25, 0.3) is 0 Å². The predicted molar refractivity (Wildman–Crippen MR) is 75.5 cm³/mol. The Hall–Kier alpha value is -0.120. The topological polar surface area (TPSA) is 18.5 Å². The Morgan fingerprint density at radius 3 is 2.65 bits per heavy atom. The quantitative estimate of drug-likeness (QED) is 0.733. The maximum Gasteiger partial charge on any atom is 0.0220 e. The van der Waals surface area contributed by atoms with E-state index in [1.54, 1.807) is 0 Å². The largest absolute Gasteiger partial charge is 0.311 e. The summed E-state index contributed by atoms with van der Waals surface area (Å²) in [6.45, 7) is 11.5. The van der Waals surface area contributed by atoms with Crippen LogP contribution in [0.15, 0.2) is 0 Å². The fourth-order valence-corrected chi connectivity index (χ4v) is 2.37. The van der Waals surface area contributed by atoms with Crippen LogP contribution in [0.4, 0.5) is 0 Å². The molecule has 0 spiro atoms. The predicted octanol–water partition coefficient (Wildman–Crippen LogP) is 1.79. The Kier molecular flexibility index (Phi) is 5.90. The van der Waals surface area contributed by atoms with Crippen LogP contribution in [0.25, 0.3) is 0 Å². The number of hydrogen-bond donors (Lipinski definition) is 1. The Morgan fingerprint density at radius 2 is 2.12 bits per heavy atom. The van der Waals surface area contributed by atoms with Crippen LogP contribution >= 0.6 is 0 Å². The first-order valence-electron chi connectivity index (χ1n) is 7.08. The van der Waals surface area contributed by atoms with Crippen molar-refractivity contribution in [3.8, 4) is 0 Å².